The van der Waals surface area contributed by atoms with Crippen LogP contribution in [0.2, 0.25) is 0 Å². The van der Waals surface area contributed by atoms with Crippen molar-refractivity contribution >= 4 is 21.6 Å². The minimum Gasteiger partial charge on any atom is -0.389 e. The second-order valence-electron chi connectivity index (χ2n) is 4.17. The van der Waals surface area contributed by atoms with Gasteiger partial charge in [-0.05, 0) is 24.6 Å². The van der Waals surface area contributed by atoms with Gasteiger partial charge < -0.3 is 10.0 Å². The van der Waals surface area contributed by atoms with Crippen LogP contribution in [0.1, 0.15) is 25.0 Å². The first-order chi connectivity index (χ1) is 8.20. The Bertz CT molecular complexity index is 407. The van der Waals surface area contributed by atoms with Crippen LogP contribution in [0.5, 0.6) is 0 Å². The molecule has 0 saturated heterocycles. The van der Waals surface area contributed by atoms with Crippen LogP contribution in [-0.4, -0.2) is 24.9 Å². The van der Waals surface area contributed by atoms with Crippen molar-refractivity contribution in [2.24, 2.45) is 0 Å². The molecule has 0 fully saturated rings. The molecule has 0 aliphatic heterocycles. The Morgan fingerprint density at radius 1 is 1.39 bits per heavy atom. The Kier molecular flexibility index (Phi) is 5.04. The highest BCUT2D eigenvalue weighted by Crippen LogP contribution is 2.28. The zero-order chi connectivity index (χ0) is 13.9. The largest absolute Gasteiger partial charge is 0.390 e. The number of halogens is 4. The number of anilines is 1. The van der Waals surface area contributed by atoms with Crippen molar-refractivity contribution in [3.63, 3.8) is 0 Å². The number of rotatable bonds is 4. The van der Waals surface area contributed by atoms with E-state index in [0.717, 1.165) is 0 Å². The molecule has 1 rings (SSSR count). The van der Waals surface area contributed by atoms with Crippen LogP contribution in [-0.2, 0) is 0 Å². The van der Waals surface area contributed by atoms with Gasteiger partial charge in [-0.15, -0.1) is 0 Å². The summed E-state index contributed by atoms with van der Waals surface area (Å²) in [4.78, 5) is 1.53. The SMILES string of the molecule is C[C@H](O)c1ccc(N(C)CCC(F)(F)F)cc1Br. The highest BCUT2D eigenvalue weighted by molar-refractivity contribution is 9.10. The summed E-state index contributed by atoms with van der Waals surface area (Å²) in [6, 6.07) is 5.11. The summed E-state index contributed by atoms with van der Waals surface area (Å²) in [5.41, 5.74) is 1.39. The lowest BCUT2D eigenvalue weighted by Gasteiger charge is -2.21. The first kappa shape index (κ1) is 15.3. The van der Waals surface area contributed by atoms with Crippen molar-refractivity contribution < 1.29 is 18.3 Å². The molecule has 0 spiro atoms. The second kappa shape index (κ2) is 5.93. The molecule has 0 aromatic heterocycles. The number of aliphatic hydroxyl groups excluding tert-OH is 1. The normalized spacial score (nSPS) is 13.5. The fourth-order valence-electron chi connectivity index (χ4n) is 1.52. The van der Waals surface area contributed by atoms with E-state index in [1.165, 1.54) is 4.90 Å². The molecule has 1 aromatic carbocycles. The van der Waals surface area contributed by atoms with E-state index in [4.69, 9.17) is 0 Å². The molecule has 0 unspecified atom stereocenters. The number of aliphatic hydroxyl groups is 1. The third kappa shape index (κ3) is 4.49. The average Bonchev–Trinajstić information content (AvgIpc) is 2.24. The molecule has 1 N–H and O–H groups in total. The van der Waals surface area contributed by atoms with Crippen LogP contribution < -0.4 is 4.90 Å². The summed E-state index contributed by atoms with van der Waals surface area (Å²) in [6.45, 7) is 1.54. The maximum Gasteiger partial charge on any atom is 0.390 e. The number of alkyl halides is 3. The fourth-order valence-corrected chi connectivity index (χ4v) is 2.21. The van der Waals surface area contributed by atoms with Crippen molar-refractivity contribution in [3.05, 3.63) is 28.2 Å². The smallest absolute Gasteiger partial charge is 0.389 e. The van der Waals surface area contributed by atoms with E-state index in [9.17, 15) is 18.3 Å². The van der Waals surface area contributed by atoms with Gasteiger partial charge in [-0.1, -0.05) is 22.0 Å². The summed E-state index contributed by atoms with van der Waals surface area (Å²) >= 11 is 3.30. The van der Waals surface area contributed by atoms with Crippen LogP contribution in [0, 0.1) is 0 Å². The third-order valence-electron chi connectivity index (χ3n) is 2.61. The maximum absolute atomic E-state index is 12.1. The molecule has 6 heteroatoms. The number of nitrogens with zero attached hydrogens (tertiary/aromatic N) is 1. The number of hydrogen-bond acceptors (Lipinski definition) is 2. The van der Waals surface area contributed by atoms with Crippen LogP contribution in [0.4, 0.5) is 18.9 Å². The highest BCUT2D eigenvalue weighted by atomic mass is 79.9. The minimum atomic E-state index is -4.15. The summed E-state index contributed by atoms with van der Waals surface area (Å²) in [5, 5.41) is 9.45. The number of benzene rings is 1. The summed E-state index contributed by atoms with van der Waals surface area (Å²) in [7, 11) is 1.61. The van der Waals surface area contributed by atoms with Gasteiger partial charge in [-0.25, -0.2) is 0 Å². The fraction of sp³-hybridized carbons (Fsp3) is 0.500. The molecule has 1 aromatic rings. The molecule has 102 valence electrons. The highest BCUT2D eigenvalue weighted by Gasteiger charge is 2.27. The predicted octanol–water partition coefficient (Wildman–Crippen LogP) is 3.89. The zero-order valence-electron chi connectivity index (χ0n) is 10.1. The van der Waals surface area contributed by atoms with Crippen molar-refractivity contribution in [1.29, 1.82) is 0 Å². The van der Waals surface area contributed by atoms with Gasteiger partial charge in [0.05, 0.1) is 12.5 Å². The van der Waals surface area contributed by atoms with Crippen LogP contribution in [0.3, 0.4) is 0 Å². The molecule has 0 radical (unpaired) electrons. The molecule has 18 heavy (non-hydrogen) atoms. The maximum atomic E-state index is 12.1. The van der Waals surface area contributed by atoms with Crippen molar-refractivity contribution in [1.82, 2.24) is 0 Å². The van der Waals surface area contributed by atoms with Gasteiger partial charge in [0.1, 0.15) is 0 Å². The molecule has 0 heterocycles. The molecular weight excluding hydrogens is 311 g/mol. The van der Waals surface area contributed by atoms with Crippen LogP contribution in [0.15, 0.2) is 22.7 Å². The monoisotopic (exact) mass is 325 g/mol. The van der Waals surface area contributed by atoms with Gasteiger partial charge in [-0.3, -0.25) is 0 Å². The van der Waals surface area contributed by atoms with E-state index in [0.29, 0.717) is 15.7 Å². The zero-order valence-corrected chi connectivity index (χ0v) is 11.7. The van der Waals surface area contributed by atoms with Crippen molar-refractivity contribution in [2.45, 2.75) is 25.6 Å². The Labute approximate surface area is 113 Å². The first-order valence-electron chi connectivity index (χ1n) is 5.46. The van der Waals surface area contributed by atoms with E-state index in [2.05, 4.69) is 15.9 Å². The van der Waals surface area contributed by atoms with E-state index >= 15 is 0 Å². The van der Waals surface area contributed by atoms with Crippen LogP contribution >= 0.6 is 15.9 Å². The average molecular weight is 326 g/mol. The molecule has 0 saturated carbocycles. The lowest BCUT2D eigenvalue weighted by atomic mass is 10.1. The molecule has 1 atom stereocenters. The number of hydrogen-bond donors (Lipinski definition) is 1. The van der Waals surface area contributed by atoms with E-state index in [1.807, 2.05) is 0 Å². The Hall–Kier alpha value is -0.750. The van der Waals surface area contributed by atoms with Gasteiger partial charge in [-0.2, -0.15) is 13.2 Å². The predicted molar refractivity (Wildman–Crippen MR) is 68.7 cm³/mol. The van der Waals surface area contributed by atoms with Crippen molar-refractivity contribution in [2.75, 3.05) is 18.5 Å². The molecule has 0 amide bonds. The van der Waals surface area contributed by atoms with Gasteiger partial charge in [0.15, 0.2) is 0 Å². The van der Waals surface area contributed by atoms with Gasteiger partial charge in [0.25, 0.3) is 0 Å². The van der Waals surface area contributed by atoms with Gasteiger partial charge in [0, 0.05) is 23.8 Å². The Balaban J connectivity index is 2.75. The summed E-state index contributed by atoms with van der Waals surface area (Å²) < 4.78 is 37.0. The minimum absolute atomic E-state index is 0.0933. The third-order valence-corrected chi connectivity index (χ3v) is 3.29. The lowest BCUT2D eigenvalue weighted by molar-refractivity contribution is -0.132. The second-order valence-corrected chi connectivity index (χ2v) is 5.02. The molecule has 0 aliphatic rings. The molecule has 2 nitrogen and oxygen atoms in total. The quantitative estimate of drug-likeness (QED) is 0.907. The van der Waals surface area contributed by atoms with Crippen LogP contribution in [0.25, 0.3) is 0 Å². The van der Waals surface area contributed by atoms with E-state index in [1.54, 1.807) is 32.2 Å². The van der Waals surface area contributed by atoms with Crippen molar-refractivity contribution in [3.8, 4) is 0 Å². The summed E-state index contributed by atoms with van der Waals surface area (Å²) in [5.74, 6) is 0. The van der Waals surface area contributed by atoms with E-state index < -0.39 is 18.7 Å². The topological polar surface area (TPSA) is 23.5 Å². The van der Waals surface area contributed by atoms with E-state index in [-0.39, 0.29) is 6.54 Å². The molecular formula is C12H15BrF3NO. The Morgan fingerprint density at radius 2 is 2.00 bits per heavy atom. The molecule has 0 bridgehead atoms. The van der Waals surface area contributed by atoms with Gasteiger partial charge in [0.2, 0.25) is 0 Å². The summed E-state index contributed by atoms with van der Waals surface area (Å²) in [6.07, 6.45) is -5.61. The Morgan fingerprint density at radius 3 is 2.44 bits per heavy atom. The molecule has 0 aliphatic carbocycles. The first-order valence-corrected chi connectivity index (χ1v) is 6.25. The van der Waals surface area contributed by atoms with Gasteiger partial charge >= 0.3 is 6.18 Å². The standard InChI is InChI=1S/C12H15BrF3NO/c1-8(18)10-4-3-9(7-11(10)13)17(2)6-5-12(14,15)16/h3-4,7-8,18H,5-6H2,1-2H3/t8-/m0/s1. The lowest BCUT2D eigenvalue weighted by Crippen LogP contribution is -2.24.